The average molecular weight is 274 g/mol. The Balaban J connectivity index is 3.16. The third-order valence-electron chi connectivity index (χ3n) is 2.17. The molecule has 0 atom stereocenters. The van der Waals surface area contributed by atoms with Crippen LogP contribution in [0.15, 0.2) is 24.3 Å². The number of nitrogens with zero attached hydrogens (tertiary/aromatic N) is 1. The summed E-state index contributed by atoms with van der Waals surface area (Å²) in [5.74, 6) is -0.647. The normalized spacial score (nSPS) is 11.7. The number of benzene rings is 1. The lowest BCUT2D eigenvalue weighted by Gasteiger charge is -2.07. The van der Waals surface area contributed by atoms with Crippen molar-refractivity contribution in [3.63, 3.8) is 0 Å². The molecule has 0 fully saturated rings. The smallest absolute Gasteiger partial charge is 0.369 e. The van der Waals surface area contributed by atoms with Gasteiger partial charge in [-0.15, -0.1) is 0 Å². The lowest BCUT2D eigenvalue weighted by molar-refractivity contribution is -0.385. The molecule has 8 heteroatoms. The van der Waals surface area contributed by atoms with Crippen LogP contribution in [0.5, 0.6) is 0 Å². The minimum atomic E-state index is -4.65. The molecule has 0 radical (unpaired) electrons. The maximum Gasteiger partial charge on any atom is 0.416 e. The van der Waals surface area contributed by atoms with E-state index in [9.17, 15) is 28.1 Å². The van der Waals surface area contributed by atoms with Crippen LogP contribution < -0.4 is 5.73 Å². The van der Waals surface area contributed by atoms with Crippen molar-refractivity contribution in [3.05, 3.63) is 45.5 Å². The highest BCUT2D eigenvalue weighted by molar-refractivity contribution is 5.77. The van der Waals surface area contributed by atoms with Gasteiger partial charge in [-0.2, -0.15) is 13.2 Å². The fraction of sp³-hybridized carbons (Fsp3) is 0.182. The molecule has 0 aromatic heterocycles. The quantitative estimate of drug-likeness (QED) is 0.676. The Kier molecular flexibility index (Phi) is 4.26. The Labute approximate surface area is 105 Å². The van der Waals surface area contributed by atoms with Crippen LogP contribution >= 0.6 is 0 Å². The van der Waals surface area contributed by atoms with Crippen LogP contribution in [-0.4, -0.2) is 10.8 Å². The Morgan fingerprint density at radius 2 is 2.05 bits per heavy atom. The van der Waals surface area contributed by atoms with Crippen LogP contribution in [-0.2, 0) is 11.0 Å². The van der Waals surface area contributed by atoms with Crippen LogP contribution in [0.3, 0.4) is 0 Å². The molecule has 0 saturated heterocycles. The molecule has 1 aromatic carbocycles. The second-order valence-electron chi connectivity index (χ2n) is 3.60. The van der Waals surface area contributed by atoms with E-state index in [0.717, 1.165) is 12.1 Å². The Morgan fingerprint density at radius 3 is 2.53 bits per heavy atom. The van der Waals surface area contributed by atoms with Crippen molar-refractivity contribution in [1.29, 1.82) is 0 Å². The zero-order valence-corrected chi connectivity index (χ0v) is 9.48. The lowest BCUT2D eigenvalue weighted by Crippen LogP contribution is -2.08. The zero-order valence-electron chi connectivity index (χ0n) is 9.48. The van der Waals surface area contributed by atoms with Gasteiger partial charge in [0.2, 0.25) is 5.91 Å². The van der Waals surface area contributed by atoms with E-state index in [1.807, 2.05) is 0 Å². The van der Waals surface area contributed by atoms with Gasteiger partial charge in [-0.25, -0.2) is 0 Å². The van der Waals surface area contributed by atoms with E-state index in [1.165, 1.54) is 12.2 Å². The van der Waals surface area contributed by atoms with Gasteiger partial charge < -0.3 is 5.73 Å². The number of primary amides is 1. The van der Waals surface area contributed by atoms with Crippen LogP contribution in [0.2, 0.25) is 0 Å². The zero-order chi connectivity index (χ0) is 14.6. The van der Waals surface area contributed by atoms with Crippen LogP contribution in [0, 0.1) is 10.1 Å². The summed E-state index contributed by atoms with van der Waals surface area (Å²) in [6, 6.07) is 2.15. The van der Waals surface area contributed by atoms with E-state index < -0.39 is 28.3 Å². The van der Waals surface area contributed by atoms with Crippen molar-refractivity contribution in [2.75, 3.05) is 0 Å². The molecule has 0 spiro atoms. The molecule has 1 amide bonds. The van der Waals surface area contributed by atoms with Crippen LogP contribution in [0.4, 0.5) is 18.9 Å². The Morgan fingerprint density at radius 1 is 1.42 bits per heavy atom. The molecule has 0 heterocycles. The summed E-state index contributed by atoms with van der Waals surface area (Å²) in [7, 11) is 0. The number of carbonyl (C=O) groups excluding carboxylic acids is 1. The van der Waals surface area contributed by atoms with Crippen molar-refractivity contribution in [1.82, 2.24) is 0 Å². The average Bonchev–Trinajstić information content (AvgIpc) is 2.27. The van der Waals surface area contributed by atoms with Crippen LogP contribution in [0.25, 0.3) is 6.08 Å². The minimum absolute atomic E-state index is 0.0285. The van der Waals surface area contributed by atoms with Crippen molar-refractivity contribution < 1.29 is 22.9 Å². The van der Waals surface area contributed by atoms with Gasteiger partial charge in [0, 0.05) is 12.5 Å². The number of amides is 1. The molecule has 19 heavy (non-hydrogen) atoms. The molecule has 0 unspecified atom stereocenters. The van der Waals surface area contributed by atoms with Gasteiger partial charge in [-0.3, -0.25) is 14.9 Å². The Bertz CT molecular complexity index is 538. The first-order valence-corrected chi connectivity index (χ1v) is 5.02. The second kappa shape index (κ2) is 5.51. The van der Waals surface area contributed by atoms with E-state index >= 15 is 0 Å². The van der Waals surface area contributed by atoms with Crippen molar-refractivity contribution >= 4 is 17.7 Å². The number of hydrogen-bond donors (Lipinski definition) is 1. The number of hydrogen-bond acceptors (Lipinski definition) is 3. The molecule has 102 valence electrons. The first-order valence-electron chi connectivity index (χ1n) is 5.02. The van der Waals surface area contributed by atoms with E-state index in [-0.39, 0.29) is 12.0 Å². The highest BCUT2D eigenvalue weighted by atomic mass is 19.4. The second-order valence-corrected chi connectivity index (χ2v) is 3.60. The molecule has 0 aliphatic heterocycles. The maximum atomic E-state index is 12.4. The third-order valence-corrected chi connectivity index (χ3v) is 2.17. The third kappa shape index (κ3) is 4.09. The Hall–Kier alpha value is -2.38. The van der Waals surface area contributed by atoms with Crippen molar-refractivity contribution in [2.24, 2.45) is 5.73 Å². The SMILES string of the molecule is NC(=O)CC=Cc1ccc(C(F)(F)F)cc1[N+](=O)[O-]. The topological polar surface area (TPSA) is 86.2 Å². The standard InChI is InChI=1S/C11H9F3N2O3/c12-11(13,14)8-5-4-7(2-1-3-10(15)17)9(6-8)16(18)19/h1-2,4-6H,3H2,(H2,15,17). The number of alkyl halides is 3. The molecule has 0 bridgehead atoms. The number of nitro groups is 1. The highest BCUT2D eigenvalue weighted by Crippen LogP contribution is 2.33. The molecule has 0 aliphatic carbocycles. The summed E-state index contributed by atoms with van der Waals surface area (Å²) in [5.41, 5.74) is 3.04. The number of halogens is 3. The summed E-state index contributed by atoms with van der Waals surface area (Å²) in [6.07, 6.45) is -2.38. The van der Waals surface area contributed by atoms with E-state index in [2.05, 4.69) is 0 Å². The first kappa shape index (κ1) is 14.7. The van der Waals surface area contributed by atoms with E-state index in [0.29, 0.717) is 6.07 Å². The number of carbonyl (C=O) groups is 1. The van der Waals surface area contributed by atoms with Gasteiger partial charge in [0.25, 0.3) is 5.69 Å². The minimum Gasteiger partial charge on any atom is -0.369 e. The fourth-order valence-electron chi connectivity index (χ4n) is 1.32. The van der Waals surface area contributed by atoms with Gasteiger partial charge in [0.15, 0.2) is 0 Å². The maximum absolute atomic E-state index is 12.4. The number of nitrogens with two attached hydrogens (primary N) is 1. The summed E-state index contributed by atoms with van der Waals surface area (Å²) in [5, 5.41) is 10.7. The van der Waals surface area contributed by atoms with Crippen molar-refractivity contribution in [3.8, 4) is 0 Å². The van der Waals surface area contributed by atoms with Gasteiger partial charge in [-0.1, -0.05) is 12.2 Å². The van der Waals surface area contributed by atoms with Gasteiger partial charge >= 0.3 is 6.18 Å². The molecular weight excluding hydrogens is 265 g/mol. The van der Waals surface area contributed by atoms with Crippen molar-refractivity contribution in [2.45, 2.75) is 12.6 Å². The number of rotatable bonds is 4. The van der Waals surface area contributed by atoms with E-state index in [4.69, 9.17) is 5.73 Å². The molecule has 0 saturated carbocycles. The molecule has 2 N–H and O–H groups in total. The van der Waals surface area contributed by atoms with Gasteiger partial charge in [0.05, 0.1) is 16.1 Å². The molecule has 5 nitrogen and oxygen atoms in total. The van der Waals surface area contributed by atoms with Gasteiger partial charge in [0.1, 0.15) is 0 Å². The summed E-state index contributed by atoms with van der Waals surface area (Å²) in [6.45, 7) is 0. The summed E-state index contributed by atoms with van der Waals surface area (Å²) >= 11 is 0. The predicted molar refractivity (Wildman–Crippen MR) is 60.9 cm³/mol. The fourth-order valence-corrected chi connectivity index (χ4v) is 1.32. The summed E-state index contributed by atoms with van der Waals surface area (Å²) < 4.78 is 37.3. The monoisotopic (exact) mass is 274 g/mol. The molecular formula is C11H9F3N2O3. The molecule has 1 rings (SSSR count). The molecule has 1 aromatic rings. The number of nitro benzene ring substituents is 1. The molecule has 0 aliphatic rings. The highest BCUT2D eigenvalue weighted by Gasteiger charge is 2.32. The van der Waals surface area contributed by atoms with Gasteiger partial charge in [-0.05, 0) is 12.1 Å². The first-order chi connectivity index (χ1) is 8.71. The van der Waals surface area contributed by atoms with Crippen LogP contribution in [0.1, 0.15) is 17.5 Å². The predicted octanol–water partition coefficient (Wildman–Crippen LogP) is 2.50. The summed E-state index contributed by atoms with van der Waals surface area (Å²) in [4.78, 5) is 20.3. The largest absolute Gasteiger partial charge is 0.416 e. The lowest BCUT2D eigenvalue weighted by atomic mass is 10.1. The van der Waals surface area contributed by atoms with E-state index in [1.54, 1.807) is 0 Å².